The van der Waals surface area contributed by atoms with Crippen molar-refractivity contribution >= 4 is 31.5 Å². The minimum absolute atomic E-state index is 1.09. The van der Waals surface area contributed by atoms with Crippen LogP contribution < -0.4 is 0 Å². The molecule has 1 aromatic heterocycles. The highest BCUT2D eigenvalue weighted by Gasteiger charge is 2.14. The molecule has 0 N–H and O–H groups in total. The summed E-state index contributed by atoms with van der Waals surface area (Å²) in [5.74, 6) is 0. The Bertz CT molecular complexity index is 602. The fraction of sp³-hybridized carbons (Fsp3) is 0.133. The van der Waals surface area contributed by atoms with E-state index in [1.807, 2.05) is 11.3 Å². The molecule has 0 radical (unpaired) electrons. The fourth-order valence-corrected chi connectivity index (χ4v) is 3.39. The average molecular weight is 225 g/mol. The standard InChI is InChI=1S/C15H13S/c1-2-11-12-7-3-5-9-14(12)16-15-10-6-4-8-13(11)15/h3-10H,2H2,1H3/q+1. The van der Waals surface area contributed by atoms with Crippen LogP contribution >= 0.6 is 11.3 Å². The lowest BCUT2D eigenvalue weighted by Crippen LogP contribution is -1.85. The molecule has 3 rings (SSSR count). The van der Waals surface area contributed by atoms with Crippen molar-refractivity contribution in [2.24, 2.45) is 0 Å². The molecule has 0 amide bonds. The Morgan fingerprint density at radius 1 is 0.812 bits per heavy atom. The second-order valence-corrected chi connectivity index (χ2v) is 5.01. The number of hydrogen-bond acceptors (Lipinski definition) is 0. The number of aryl methyl sites for hydroxylation is 1. The van der Waals surface area contributed by atoms with Crippen LogP contribution in [0.5, 0.6) is 0 Å². The molecule has 0 unspecified atom stereocenters. The van der Waals surface area contributed by atoms with Gasteiger partial charge in [-0.25, -0.2) is 0 Å². The van der Waals surface area contributed by atoms with E-state index >= 15 is 0 Å². The Labute approximate surface area is 99.2 Å². The minimum atomic E-state index is 1.09. The van der Waals surface area contributed by atoms with Gasteiger partial charge in [0.15, 0.2) is 0 Å². The lowest BCUT2D eigenvalue weighted by molar-refractivity contribution is 1.18. The molecule has 3 aromatic rings. The molecule has 0 aliphatic rings. The van der Waals surface area contributed by atoms with Gasteiger partial charge in [0, 0.05) is 22.9 Å². The summed E-state index contributed by atoms with van der Waals surface area (Å²) in [5.41, 5.74) is 1.48. The first-order chi connectivity index (χ1) is 7.90. The van der Waals surface area contributed by atoms with E-state index in [-0.39, 0.29) is 0 Å². The van der Waals surface area contributed by atoms with Crippen LogP contribution in [0.2, 0.25) is 0 Å². The summed E-state index contributed by atoms with van der Waals surface area (Å²) >= 11 is 1.88. The predicted molar refractivity (Wildman–Crippen MR) is 73.1 cm³/mol. The molecule has 2 aromatic carbocycles. The van der Waals surface area contributed by atoms with Crippen molar-refractivity contribution in [2.75, 3.05) is 0 Å². The first-order valence-corrected chi connectivity index (χ1v) is 6.44. The molecule has 78 valence electrons. The zero-order valence-corrected chi connectivity index (χ0v) is 10.1. The van der Waals surface area contributed by atoms with E-state index in [9.17, 15) is 0 Å². The summed E-state index contributed by atoms with van der Waals surface area (Å²) < 4.78 is 2.77. The first kappa shape index (κ1) is 9.73. The molecule has 0 fully saturated rings. The summed E-state index contributed by atoms with van der Waals surface area (Å²) in [7, 11) is 0. The molecule has 0 nitrogen and oxygen atoms in total. The van der Waals surface area contributed by atoms with Crippen LogP contribution in [-0.4, -0.2) is 0 Å². The third-order valence-electron chi connectivity index (χ3n) is 3.00. The van der Waals surface area contributed by atoms with E-state index in [0.717, 1.165) is 6.42 Å². The van der Waals surface area contributed by atoms with Crippen LogP contribution in [0.3, 0.4) is 0 Å². The summed E-state index contributed by atoms with van der Waals surface area (Å²) in [5, 5.41) is 2.82. The summed E-state index contributed by atoms with van der Waals surface area (Å²) in [6.07, 6.45) is 1.09. The predicted octanol–water partition coefficient (Wildman–Crippen LogP) is 4.90. The lowest BCUT2D eigenvalue weighted by Gasteiger charge is -2.01. The molecule has 1 heteroatoms. The third-order valence-corrected chi connectivity index (χ3v) is 4.15. The van der Waals surface area contributed by atoms with Gasteiger partial charge in [0.1, 0.15) is 0 Å². The topological polar surface area (TPSA) is 0 Å². The largest absolute Gasteiger partial charge is 0.239 e. The number of hydrogen-bond donors (Lipinski definition) is 0. The van der Waals surface area contributed by atoms with Gasteiger partial charge >= 0.3 is 0 Å². The van der Waals surface area contributed by atoms with Gasteiger partial charge in [0.25, 0.3) is 0 Å². The smallest absolute Gasteiger partial charge is 0.0613 e. The van der Waals surface area contributed by atoms with Gasteiger partial charge in [0.2, 0.25) is 20.7 Å². The Hall–Kier alpha value is -1.47. The quantitative estimate of drug-likeness (QED) is 0.408. The van der Waals surface area contributed by atoms with Crippen LogP contribution in [0.4, 0.5) is 0 Å². The maximum absolute atomic E-state index is 2.24. The summed E-state index contributed by atoms with van der Waals surface area (Å²) in [4.78, 5) is 0. The molecule has 0 aliphatic carbocycles. The van der Waals surface area contributed by atoms with Crippen molar-refractivity contribution in [3.05, 3.63) is 54.1 Å². The Balaban J connectivity index is 2.56. The highest BCUT2D eigenvalue weighted by atomic mass is 32.1. The van der Waals surface area contributed by atoms with Crippen molar-refractivity contribution in [1.29, 1.82) is 0 Å². The molecule has 0 aliphatic heterocycles. The van der Waals surface area contributed by atoms with Crippen LogP contribution in [0.15, 0.2) is 48.5 Å². The van der Waals surface area contributed by atoms with Crippen molar-refractivity contribution in [3.63, 3.8) is 0 Å². The number of benzene rings is 2. The molecular weight excluding hydrogens is 212 g/mol. The number of rotatable bonds is 1. The van der Waals surface area contributed by atoms with E-state index in [1.54, 1.807) is 0 Å². The Morgan fingerprint density at radius 2 is 1.31 bits per heavy atom. The van der Waals surface area contributed by atoms with Gasteiger partial charge < -0.3 is 0 Å². The summed E-state index contributed by atoms with van der Waals surface area (Å²) in [6, 6.07) is 17.4. The summed E-state index contributed by atoms with van der Waals surface area (Å²) in [6.45, 7) is 2.24. The van der Waals surface area contributed by atoms with E-state index in [0.29, 0.717) is 0 Å². The highest BCUT2D eigenvalue weighted by Crippen LogP contribution is 2.32. The molecule has 0 spiro atoms. The maximum atomic E-state index is 2.24. The molecule has 1 heterocycles. The third kappa shape index (κ3) is 1.40. The van der Waals surface area contributed by atoms with Gasteiger partial charge in [-0.15, -0.1) is 0 Å². The van der Waals surface area contributed by atoms with Crippen LogP contribution in [0.1, 0.15) is 12.5 Å². The first-order valence-electron chi connectivity index (χ1n) is 5.62. The van der Waals surface area contributed by atoms with Crippen LogP contribution in [0.25, 0.3) is 20.2 Å². The van der Waals surface area contributed by atoms with Crippen molar-refractivity contribution < 1.29 is 0 Å². The highest BCUT2D eigenvalue weighted by molar-refractivity contribution is 7.24. The van der Waals surface area contributed by atoms with Crippen molar-refractivity contribution in [2.45, 2.75) is 13.3 Å². The van der Waals surface area contributed by atoms with Gasteiger partial charge in [0.05, 0.1) is 0 Å². The fourth-order valence-electron chi connectivity index (χ4n) is 2.25. The van der Waals surface area contributed by atoms with E-state index < -0.39 is 0 Å². The molecular formula is C15H13S+. The van der Waals surface area contributed by atoms with Gasteiger partial charge in [-0.05, 0) is 24.1 Å². The maximum Gasteiger partial charge on any atom is 0.239 e. The molecule has 0 atom stereocenters. The number of fused-ring (bicyclic) bond motifs is 2. The van der Waals surface area contributed by atoms with Crippen LogP contribution in [-0.2, 0) is 6.42 Å². The lowest BCUT2D eigenvalue weighted by atomic mass is 10.0. The van der Waals surface area contributed by atoms with Crippen molar-refractivity contribution in [1.82, 2.24) is 0 Å². The Morgan fingerprint density at radius 3 is 1.81 bits per heavy atom. The second kappa shape index (κ2) is 3.84. The Kier molecular flexibility index (Phi) is 2.33. The SMILES string of the molecule is CCc1c2ccccc2[s+]c2ccccc12. The second-order valence-electron chi connectivity index (χ2n) is 3.93. The van der Waals surface area contributed by atoms with Gasteiger partial charge in [-0.3, -0.25) is 0 Å². The normalized spacial score (nSPS) is 11.1. The zero-order valence-electron chi connectivity index (χ0n) is 9.23. The van der Waals surface area contributed by atoms with Crippen molar-refractivity contribution in [3.8, 4) is 0 Å². The minimum Gasteiger partial charge on any atom is -0.0613 e. The molecule has 16 heavy (non-hydrogen) atoms. The molecule has 0 bridgehead atoms. The van der Waals surface area contributed by atoms with Gasteiger partial charge in [-0.2, -0.15) is 0 Å². The zero-order chi connectivity index (χ0) is 11.0. The average Bonchev–Trinajstić information content (AvgIpc) is 2.36. The van der Waals surface area contributed by atoms with Gasteiger partial charge in [-0.1, -0.05) is 31.2 Å². The van der Waals surface area contributed by atoms with Crippen LogP contribution in [0, 0.1) is 0 Å². The van der Waals surface area contributed by atoms with E-state index in [4.69, 9.17) is 0 Å². The monoisotopic (exact) mass is 225 g/mol. The molecule has 0 saturated carbocycles. The van der Waals surface area contributed by atoms with E-state index in [2.05, 4.69) is 55.5 Å². The molecule has 0 saturated heterocycles. The van der Waals surface area contributed by atoms with E-state index in [1.165, 1.54) is 25.7 Å².